The van der Waals surface area contributed by atoms with E-state index in [1.54, 1.807) is 6.07 Å². The quantitative estimate of drug-likeness (QED) is 0.868. The lowest BCUT2D eigenvalue weighted by atomic mass is 9.95. The second-order valence-electron chi connectivity index (χ2n) is 5.20. The number of nitrogens with one attached hydrogen (secondary N) is 1. The first-order valence-electron chi connectivity index (χ1n) is 6.83. The van der Waals surface area contributed by atoms with Crippen molar-refractivity contribution in [3.63, 3.8) is 0 Å². The molecular formula is C16H19ClN2O. The Morgan fingerprint density at radius 3 is 2.85 bits per heavy atom. The highest BCUT2D eigenvalue weighted by atomic mass is 35.5. The number of hydrogen-bond acceptors (Lipinski definition) is 2. The van der Waals surface area contributed by atoms with Crippen molar-refractivity contribution in [2.24, 2.45) is 5.92 Å². The van der Waals surface area contributed by atoms with Crippen LogP contribution in [0.2, 0.25) is 5.02 Å². The van der Waals surface area contributed by atoms with Gasteiger partial charge in [0.25, 0.3) is 0 Å². The number of nitrogens with zero attached hydrogens (tertiary/aromatic N) is 1. The number of anilines is 1. The van der Waals surface area contributed by atoms with Crippen molar-refractivity contribution in [3.05, 3.63) is 28.8 Å². The number of benzene rings is 1. The zero-order valence-electron chi connectivity index (χ0n) is 11.7. The number of carbonyl (C=O) groups is 1. The lowest BCUT2D eigenvalue weighted by Gasteiger charge is -2.29. The number of amides is 1. The number of hydrogen-bond donors (Lipinski definition) is 1. The fourth-order valence-corrected chi connectivity index (χ4v) is 2.62. The van der Waals surface area contributed by atoms with Crippen LogP contribution in [-0.4, -0.2) is 30.4 Å². The predicted molar refractivity (Wildman–Crippen MR) is 82.8 cm³/mol. The molecule has 1 aliphatic heterocycles. The summed E-state index contributed by atoms with van der Waals surface area (Å²) < 4.78 is 0. The Labute approximate surface area is 125 Å². The molecule has 0 unspecified atom stereocenters. The number of likely N-dealkylation sites (tertiary alicyclic amines) is 1. The molecule has 106 valence electrons. The maximum Gasteiger partial charge on any atom is 0.227 e. The van der Waals surface area contributed by atoms with Crippen LogP contribution in [-0.2, 0) is 4.79 Å². The van der Waals surface area contributed by atoms with Gasteiger partial charge < -0.3 is 5.32 Å². The first-order chi connectivity index (χ1) is 9.60. The van der Waals surface area contributed by atoms with E-state index < -0.39 is 0 Å². The molecule has 1 aliphatic rings. The zero-order chi connectivity index (χ0) is 14.5. The van der Waals surface area contributed by atoms with E-state index in [4.69, 9.17) is 18.0 Å². The molecule has 0 aliphatic carbocycles. The van der Waals surface area contributed by atoms with E-state index in [9.17, 15) is 4.79 Å². The molecule has 1 aromatic rings. The Hall–Kier alpha value is -1.50. The minimum atomic E-state index is 0.0578. The minimum Gasteiger partial charge on any atom is -0.326 e. The van der Waals surface area contributed by atoms with Gasteiger partial charge in [0.1, 0.15) is 0 Å². The van der Waals surface area contributed by atoms with Crippen molar-refractivity contribution in [2.75, 3.05) is 25.0 Å². The van der Waals surface area contributed by atoms with Crippen molar-refractivity contribution < 1.29 is 4.79 Å². The maximum atomic E-state index is 12.3. The third-order valence-corrected chi connectivity index (χ3v) is 3.97. The first-order valence-corrected chi connectivity index (χ1v) is 7.21. The molecule has 0 bridgehead atoms. The number of halogens is 1. The van der Waals surface area contributed by atoms with Crippen molar-refractivity contribution in [1.29, 1.82) is 0 Å². The zero-order valence-corrected chi connectivity index (χ0v) is 12.4. The number of piperidine rings is 1. The van der Waals surface area contributed by atoms with E-state index in [2.05, 4.69) is 16.1 Å². The van der Waals surface area contributed by atoms with E-state index in [0.29, 0.717) is 11.6 Å². The average Bonchev–Trinajstić information content (AvgIpc) is 2.44. The molecule has 1 N–H and O–H groups in total. The van der Waals surface area contributed by atoms with Crippen molar-refractivity contribution in [3.8, 4) is 12.3 Å². The maximum absolute atomic E-state index is 12.3. The molecule has 1 saturated heterocycles. The van der Waals surface area contributed by atoms with Gasteiger partial charge in [-0.3, -0.25) is 9.69 Å². The van der Waals surface area contributed by atoms with E-state index >= 15 is 0 Å². The van der Waals surface area contributed by atoms with Gasteiger partial charge in [-0.15, -0.1) is 6.42 Å². The molecule has 2 rings (SSSR count). The van der Waals surface area contributed by atoms with Gasteiger partial charge in [0.05, 0.1) is 6.54 Å². The Morgan fingerprint density at radius 1 is 1.50 bits per heavy atom. The van der Waals surface area contributed by atoms with Gasteiger partial charge in [0, 0.05) is 16.6 Å². The van der Waals surface area contributed by atoms with Crippen LogP contribution in [0.3, 0.4) is 0 Å². The SMILES string of the molecule is C#CCN1CCC(C(=O)Nc2cc(Cl)ccc2C)CC1. The third kappa shape index (κ3) is 3.75. The largest absolute Gasteiger partial charge is 0.326 e. The van der Waals surface area contributed by atoms with Gasteiger partial charge in [0.15, 0.2) is 0 Å². The van der Waals surface area contributed by atoms with E-state index in [1.165, 1.54) is 0 Å². The summed E-state index contributed by atoms with van der Waals surface area (Å²) in [5, 5.41) is 3.62. The highest BCUT2D eigenvalue weighted by Gasteiger charge is 2.24. The summed E-state index contributed by atoms with van der Waals surface area (Å²) in [6, 6.07) is 5.53. The summed E-state index contributed by atoms with van der Waals surface area (Å²) in [4.78, 5) is 14.5. The van der Waals surface area contributed by atoms with E-state index in [1.807, 2.05) is 19.1 Å². The minimum absolute atomic E-state index is 0.0578. The molecule has 20 heavy (non-hydrogen) atoms. The van der Waals surface area contributed by atoms with Crippen molar-refractivity contribution >= 4 is 23.2 Å². The third-order valence-electron chi connectivity index (χ3n) is 3.73. The fraction of sp³-hybridized carbons (Fsp3) is 0.438. The van der Waals surface area contributed by atoms with Crippen LogP contribution in [0.1, 0.15) is 18.4 Å². The van der Waals surface area contributed by atoms with Gasteiger partial charge in [-0.1, -0.05) is 23.6 Å². The molecule has 4 heteroatoms. The topological polar surface area (TPSA) is 32.3 Å². The second-order valence-corrected chi connectivity index (χ2v) is 5.64. The van der Waals surface area contributed by atoms with Crippen LogP contribution >= 0.6 is 11.6 Å². The number of terminal acetylenes is 1. The molecular weight excluding hydrogens is 272 g/mol. The summed E-state index contributed by atoms with van der Waals surface area (Å²) in [5.74, 6) is 2.78. The Bertz CT molecular complexity index is 528. The molecule has 0 saturated carbocycles. The lowest BCUT2D eigenvalue weighted by molar-refractivity contribution is -0.121. The Kier molecular flexibility index (Phi) is 5.05. The number of carbonyl (C=O) groups excluding carboxylic acids is 1. The lowest BCUT2D eigenvalue weighted by Crippen LogP contribution is -2.38. The smallest absolute Gasteiger partial charge is 0.227 e. The standard InChI is InChI=1S/C16H19ClN2O/c1-3-8-19-9-6-13(7-10-19)16(20)18-15-11-14(17)5-4-12(15)2/h1,4-5,11,13H,6-10H2,2H3,(H,18,20). The number of rotatable bonds is 3. The van der Waals surface area contributed by atoms with Gasteiger partial charge in [-0.05, 0) is 50.6 Å². The average molecular weight is 291 g/mol. The van der Waals surface area contributed by atoms with E-state index in [-0.39, 0.29) is 11.8 Å². The molecule has 1 fully saturated rings. The molecule has 0 spiro atoms. The highest BCUT2D eigenvalue weighted by Crippen LogP contribution is 2.23. The molecule has 0 aromatic heterocycles. The predicted octanol–water partition coefficient (Wildman–Crippen LogP) is 2.93. The fourth-order valence-electron chi connectivity index (χ4n) is 2.45. The summed E-state index contributed by atoms with van der Waals surface area (Å²) in [5.41, 5.74) is 1.82. The van der Waals surface area contributed by atoms with Crippen LogP contribution in [0, 0.1) is 25.2 Å². The van der Waals surface area contributed by atoms with Crippen LogP contribution in [0.25, 0.3) is 0 Å². The highest BCUT2D eigenvalue weighted by molar-refractivity contribution is 6.31. The molecule has 0 atom stereocenters. The van der Waals surface area contributed by atoms with Crippen LogP contribution in [0.4, 0.5) is 5.69 Å². The molecule has 1 heterocycles. The Morgan fingerprint density at radius 2 is 2.20 bits per heavy atom. The molecule has 1 aromatic carbocycles. The normalized spacial score (nSPS) is 16.6. The van der Waals surface area contributed by atoms with Crippen molar-refractivity contribution in [2.45, 2.75) is 19.8 Å². The van der Waals surface area contributed by atoms with Crippen LogP contribution in [0.15, 0.2) is 18.2 Å². The van der Waals surface area contributed by atoms with Gasteiger partial charge >= 0.3 is 0 Å². The van der Waals surface area contributed by atoms with Gasteiger partial charge in [0.2, 0.25) is 5.91 Å². The molecule has 0 radical (unpaired) electrons. The van der Waals surface area contributed by atoms with Crippen molar-refractivity contribution in [1.82, 2.24) is 4.90 Å². The van der Waals surface area contributed by atoms with Crippen LogP contribution < -0.4 is 5.32 Å². The molecule has 3 nitrogen and oxygen atoms in total. The first kappa shape index (κ1) is 14.9. The second kappa shape index (κ2) is 6.78. The summed E-state index contributed by atoms with van der Waals surface area (Å²) in [7, 11) is 0. The number of aryl methyl sites for hydroxylation is 1. The van der Waals surface area contributed by atoms with Crippen LogP contribution in [0.5, 0.6) is 0 Å². The monoisotopic (exact) mass is 290 g/mol. The van der Waals surface area contributed by atoms with Gasteiger partial charge in [-0.2, -0.15) is 0 Å². The Balaban J connectivity index is 1.93. The van der Waals surface area contributed by atoms with Gasteiger partial charge in [-0.25, -0.2) is 0 Å². The molecule has 1 amide bonds. The summed E-state index contributed by atoms with van der Waals surface area (Å²) >= 11 is 5.96. The summed E-state index contributed by atoms with van der Waals surface area (Å²) in [6.07, 6.45) is 7.01. The summed E-state index contributed by atoms with van der Waals surface area (Å²) in [6.45, 7) is 4.40. The van der Waals surface area contributed by atoms with E-state index in [0.717, 1.165) is 37.2 Å².